The number of aromatic amines is 1. The van der Waals surface area contributed by atoms with Crippen molar-refractivity contribution in [2.45, 2.75) is 19.8 Å². The number of fused-ring (bicyclic) bond motifs is 1. The predicted octanol–water partition coefficient (Wildman–Crippen LogP) is 2.24. The van der Waals surface area contributed by atoms with Crippen molar-refractivity contribution < 1.29 is 14.7 Å². The second-order valence-electron chi connectivity index (χ2n) is 3.80. The number of carbonyl (C=O) groups is 2. The zero-order chi connectivity index (χ0) is 12.4. The minimum Gasteiger partial charge on any atom is -0.475 e. The Morgan fingerprint density at radius 1 is 1.41 bits per heavy atom. The van der Waals surface area contributed by atoms with Gasteiger partial charge in [-0.15, -0.1) is 0 Å². The maximum atomic E-state index is 11.7. The van der Waals surface area contributed by atoms with Crippen LogP contribution >= 0.6 is 0 Å². The van der Waals surface area contributed by atoms with Gasteiger partial charge in [0.15, 0.2) is 5.78 Å². The van der Waals surface area contributed by atoms with Gasteiger partial charge in [-0.25, -0.2) is 9.78 Å². The first-order valence-corrected chi connectivity index (χ1v) is 5.38. The molecule has 0 atom stereocenters. The molecule has 5 nitrogen and oxygen atoms in total. The minimum absolute atomic E-state index is 0.0503. The van der Waals surface area contributed by atoms with E-state index in [1.807, 2.05) is 6.92 Å². The van der Waals surface area contributed by atoms with Crippen molar-refractivity contribution in [1.29, 1.82) is 0 Å². The van der Waals surface area contributed by atoms with Crippen molar-refractivity contribution in [2.75, 3.05) is 0 Å². The fraction of sp³-hybridized carbons (Fsp3) is 0.250. The van der Waals surface area contributed by atoms with E-state index in [9.17, 15) is 9.59 Å². The van der Waals surface area contributed by atoms with Crippen LogP contribution in [0.15, 0.2) is 18.2 Å². The summed E-state index contributed by atoms with van der Waals surface area (Å²) in [7, 11) is 0. The van der Waals surface area contributed by atoms with Crippen LogP contribution in [0, 0.1) is 0 Å². The molecular weight excluding hydrogens is 220 g/mol. The van der Waals surface area contributed by atoms with Gasteiger partial charge >= 0.3 is 5.97 Å². The van der Waals surface area contributed by atoms with Gasteiger partial charge < -0.3 is 10.1 Å². The predicted molar refractivity (Wildman–Crippen MR) is 62.3 cm³/mol. The lowest BCUT2D eigenvalue weighted by Crippen LogP contribution is -1.98. The molecule has 17 heavy (non-hydrogen) atoms. The van der Waals surface area contributed by atoms with E-state index in [1.165, 1.54) is 0 Å². The molecule has 0 saturated heterocycles. The lowest BCUT2D eigenvalue weighted by Gasteiger charge is -1.98. The van der Waals surface area contributed by atoms with E-state index in [0.29, 0.717) is 23.0 Å². The second kappa shape index (κ2) is 4.37. The topological polar surface area (TPSA) is 83.0 Å². The first-order valence-electron chi connectivity index (χ1n) is 5.38. The van der Waals surface area contributed by atoms with Crippen molar-refractivity contribution in [3.8, 4) is 0 Å². The molecule has 1 heterocycles. The van der Waals surface area contributed by atoms with Crippen molar-refractivity contribution in [1.82, 2.24) is 9.97 Å². The molecule has 0 fully saturated rings. The molecule has 5 heteroatoms. The molecule has 0 saturated carbocycles. The number of rotatable bonds is 4. The number of aromatic carboxylic acids is 1. The highest BCUT2D eigenvalue weighted by Crippen LogP contribution is 2.15. The lowest BCUT2D eigenvalue weighted by molar-refractivity contribution is 0.0685. The van der Waals surface area contributed by atoms with Gasteiger partial charge in [-0.2, -0.15) is 0 Å². The molecule has 2 N–H and O–H groups in total. The third-order valence-electron chi connectivity index (χ3n) is 2.48. The number of aromatic nitrogens is 2. The number of H-pyrrole nitrogens is 1. The highest BCUT2D eigenvalue weighted by Gasteiger charge is 2.11. The van der Waals surface area contributed by atoms with Crippen LogP contribution in [0.25, 0.3) is 11.0 Å². The maximum Gasteiger partial charge on any atom is 0.371 e. The van der Waals surface area contributed by atoms with Crippen LogP contribution in [-0.4, -0.2) is 26.8 Å². The van der Waals surface area contributed by atoms with Crippen LogP contribution in [-0.2, 0) is 0 Å². The van der Waals surface area contributed by atoms with E-state index >= 15 is 0 Å². The summed E-state index contributed by atoms with van der Waals surface area (Å²) in [4.78, 5) is 29.0. The van der Waals surface area contributed by atoms with Crippen LogP contribution in [0.3, 0.4) is 0 Å². The number of hydrogen-bond donors (Lipinski definition) is 2. The van der Waals surface area contributed by atoms with E-state index in [0.717, 1.165) is 6.42 Å². The standard InChI is InChI=1S/C12H12N2O3/c1-2-3-10(15)7-4-5-8-9(6-7)14-11(13-8)12(16)17/h4-6H,2-3H2,1H3,(H,13,14)(H,16,17). The summed E-state index contributed by atoms with van der Waals surface area (Å²) in [5.74, 6) is -1.17. The lowest BCUT2D eigenvalue weighted by atomic mass is 10.1. The Bertz CT molecular complexity index is 586. The monoisotopic (exact) mass is 232 g/mol. The van der Waals surface area contributed by atoms with E-state index in [1.54, 1.807) is 18.2 Å². The number of carboxylic acid groups (broad SMARTS) is 1. The Labute approximate surface area is 97.5 Å². The second-order valence-corrected chi connectivity index (χ2v) is 3.80. The molecule has 2 rings (SSSR count). The van der Waals surface area contributed by atoms with Crippen LogP contribution in [0.5, 0.6) is 0 Å². The molecule has 0 bridgehead atoms. The molecule has 1 aromatic carbocycles. The third-order valence-corrected chi connectivity index (χ3v) is 2.48. The van der Waals surface area contributed by atoms with E-state index in [4.69, 9.17) is 5.11 Å². The van der Waals surface area contributed by atoms with Crippen molar-refractivity contribution >= 4 is 22.8 Å². The molecular formula is C12H12N2O3. The van der Waals surface area contributed by atoms with Crippen LogP contribution < -0.4 is 0 Å². The fourth-order valence-corrected chi connectivity index (χ4v) is 1.65. The first kappa shape index (κ1) is 11.3. The molecule has 0 amide bonds. The Hall–Kier alpha value is -2.17. The average Bonchev–Trinajstić information content (AvgIpc) is 2.71. The van der Waals surface area contributed by atoms with Gasteiger partial charge in [0.05, 0.1) is 11.0 Å². The number of carbonyl (C=O) groups excluding carboxylic acids is 1. The summed E-state index contributed by atoms with van der Waals surface area (Å²) in [6, 6.07) is 4.98. The van der Waals surface area contributed by atoms with Gasteiger partial charge in [-0.05, 0) is 24.6 Å². The summed E-state index contributed by atoms with van der Waals surface area (Å²) in [6.07, 6.45) is 1.28. The number of benzene rings is 1. The minimum atomic E-state index is -1.11. The van der Waals surface area contributed by atoms with Crippen LogP contribution in [0.1, 0.15) is 40.7 Å². The quantitative estimate of drug-likeness (QED) is 0.792. The fourth-order valence-electron chi connectivity index (χ4n) is 1.65. The number of nitrogens with one attached hydrogen (secondary N) is 1. The smallest absolute Gasteiger partial charge is 0.371 e. The average molecular weight is 232 g/mol. The van der Waals surface area contributed by atoms with Crippen molar-refractivity contribution in [2.24, 2.45) is 0 Å². The van der Waals surface area contributed by atoms with Gasteiger partial charge in [0, 0.05) is 12.0 Å². The number of nitrogens with zero attached hydrogens (tertiary/aromatic N) is 1. The van der Waals surface area contributed by atoms with Gasteiger partial charge in [-0.3, -0.25) is 4.79 Å². The number of hydrogen-bond acceptors (Lipinski definition) is 3. The van der Waals surface area contributed by atoms with Crippen LogP contribution in [0.2, 0.25) is 0 Å². The summed E-state index contributed by atoms with van der Waals surface area (Å²) in [5.41, 5.74) is 1.70. The van der Waals surface area contributed by atoms with Gasteiger partial charge in [-0.1, -0.05) is 6.92 Å². The van der Waals surface area contributed by atoms with Gasteiger partial charge in [0.1, 0.15) is 0 Å². The Morgan fingerprint density at radius 3 is 2.82 bits per heavy atom. The zero-order valence-electron chi connectivity index (χ0n) is 9.36. The van der Waals surface area contributed by atoms with Crippen molar-refractivity contribution in [3.05, 3.63) is 29.6 Å². The number of imidazole rings is 1. The normalized spacial score (nSPS) is 10.6. The van der Waals surface area contributed by atoms with E-state index in [-0.39, 0.29) is 11.6 Å². The van der Waals surface area contributed by atoms with Crippen LogP contribution in [0.4, 0.5) is 0 Å². The zero-order valence-corrected chi connectivity index (χ0v) is 9.36. The number of Topliss-reactive ketones (excluding diaryl/α,β-unsaturated/α-hetero) is 1. The molecule has 0 aliphatic heterocycles. The molecule has 1 aromatic heterocycles. The van der Waals surface area contributed by atoms with Gasteiger partial charge in [0.2, 0.25) is 5.82 Å². The molecule has 0 radical (unpaired) electrons. The van der Waals surface area contributed by atoms with E-state index < -0.39 is 5.97 Å². The molecule has 0 spiro atoms. The Morgan fingerprint density at radius 2 is 2.18 bits per heavy atom. The van der Waals surface area contributed by atoms with Crippen molar-refractivity contribution in [3.63, 3.8) is 0 Å². The molecule has 0 aliphatic carbocycles. The highest BCUT2D eigenvalue weighted by molar-refractivity contribution is 5.99. The Balaban J connectivity index is 2.43. The summed E-state index contributed by atoms with van der Waals surface area (Å²) >= 11 is 0. The SMILES string of the molecule is CCCC(=O)c1ccc2[nH]c(C(=O)O)nc2c1. The molecule has 0 aliphatic rings. The maximum absolute atomic E-state index is 11.7. The Kier molecular flexibility index (Phi) is 2.91. The van der Waals surface area contributed by atoms with Gasteiger partial charge in [0.25, 0.3) is 0 Å². The first-order chi connectivity index (χ1) is 8.11. The number of ketones is 1. The summed E-state index contributed by atoms with van der Waals surface area (Å²) < 4.78 is 0. The molecule has 0 unspecified atom stereocenters. The molecule has 88 valence electrons. The third kappa shape index (κ3) is 2.18. The van der Waals surface area contributed by atoms with E-state index in [2.05, 4.69) is 9.97 Å². The molecule has 2 aromatic rings. The number of carboxylic acids is 1. The highest BCUT2D eigenvalue weighted by atomic mass is 16.4. The summed E-state index contributed by atoms with van der Waals surface area (Å²) in [6.45, 7) is 1.94. The summed E-state index contributed by atoms with van der Waals surface area (Å²) in [5, 5.41) is 8.79. The largest absolute Gasteiger partial charge is 0.475 e.